The minimum atomic E-state index is -4.76. The minimum Gasteiger partial charge on any atom is -0.497 e. The minimum absolute atomic E-state index is 0.101. The fourth-order valence-corrected chi connectivity index (χ4v) is 1.89. The first-order chi connectivity index (χ1) is 9.39. The van der Waals surface area contributed by atoms with Gasteiger partial charge in [0.1, 0.15) is 11.5 Å². The molecule has 0 unspecified atom stereocenters. The highest BCUT2D eigenvalue weighted by Crippen LogP contribution is 2.34. The molecule has 0 atom stereocenters. The summed E-state index contributed by atoms with van der Waals surface area (Å²) in [6.07, 6.45) is -4.76. The number of benzene rings is 2. The zero-order valence-electron chi connectivity index (χ0n) is 10.4. The highest BCUT2D eigenvalue weighted by atomic mass is 35.5. The van der Waals surface area contributed by atoms with E-state index in [1.165, 1.54) is 18.2 Å². The summed E-state index contributed by atoms with van der Waals surface area (Å²) in [5.41, 5.74) is 1.50. The van der Waals surface area contributed by atoms with E-state index in [0.717, 1.165) is 5.56 Å². The molecule has 0 spiro atoms. The zero-order valence-corrected chi connectivity index (χ0v) is 11.1. The second-order valence-corrected chi connectivity index (χ2v) is 4.33. The molecule has 0 fully saturated rings. The lowest BCUT2D eigenvalue weighted by atomic mass is 10.1. The van der Waals surface area contributed by atoms with Gasteiger partial charge in [-0.15, -0.1) is 13.2 Å². The van der Waals surface area contributed by atoms with Crippen molar-refractivity contribution >= 4 is 11.6 Å². The van der Waals surface area contributed by atoms with E-state index in [0.29, 0.717) is 11.3 Å². The molecule has 0 radical (unpaired) electrons. The average Bonchev–Trinajstić information content (AvgIpc) is 2.40. The monoisotopic (exact) mass is 302 g/mol. The van der Waals surface area contributed by atoms with Crippen molar-refractivity contribution in [3.8, 4) is 22.6 Å². The number of rotatable bonds is 3. The van der Waals surface area contributed by atoms with E-state index >= 15 is 0 Å². The topological polar surface area (TPSA) is 18.5 Å². The third kappa shape index (κ3) is 3.57. The molecule has 106 valence electrons. The lowest BCUT2D eigenvalue weighted by Crippen LogP contribution is -2.17. The van der Waals surface area contributed by atoms with Crippen LogP contribution in [-0.2, 0) is 0 Å². The van der Waals surface area contributed by atoms with Crippen molar-refractivity contribution in [2.24, 2.45) is 0 Å². The molecule has 2 aromatic carbocycles. The molecule has 20 heavy (non-hydrogen) atoms. The Hall–Kier alpha value is -1.88. The smallest absolute Gasteiger partial charge is 0.497 e. The Morgan fingerprint density at radius 2 is 1.55 bits per heavy atom. The van der Waals surface area contributed by atoms with Crippen LogP contribution in [0.1, 0.15) is 0 Å². The van der Waals surface area contributed by atoms with Crippen LogP contribution in [-0.4, -0.2) is 13.5 Å². The summed E-state index contributed by atoms with van der Waals surface area (Å²) in [5.74, 6) is 0.272. The van der Waals surface area contributed by atoms with E-state index in [2.05, 4.69) is 4.74 Å². The predicted octanol–water partition coefficient (Wildman–Crippen LogP) is 4.91. The number of ether oxygens (including phenoxy) is 2. The maximum atomic E-state index is 12.1. The van der Waals surface area contributed by atoms with Crippen molar-refractivity contribution in [2.45, 2.75) is 6.36 Å². The molecule has 0 aliphatic heterocycles. The van der Waals surface area contributed by atoms with Crippen molar-refractivity contribution in [3.05, 3.63) is 47.5 Å². The van der Waals surface area contributed by atoms with E-state index in [1.54, 1.807) is 31.4 Å². The van der Waals surface area contributed by atoms with Crippen LogP contribution in [0.4, 0.5) is 13.2 Å². The fourth-order valence-electron chi connectivity index (χ4n) is 1.67. The Kier molecular flexibility index (Phi) is 4.09. The Morgan fingerprint density at radius 1 is 0.950 bits per heavy atom. The molecule has 0 aliphatic carbocycles. The van der Waals surface area contributed by atoms with Gasteiger partial charge >= 0.3 is 6.36 Å². The molecule has 0 N–H and O–H groups in total. The van der Waals surface area contributed by atoms with Crippen LogP contribution in [0.2, 0.25) is 5.02 Å². The van der Waals surface area contributed by atoms with Crippen LogP contribution in [0, 0.1) is 0 Å². The summed E-state index contributed by atoms with van der Waals surface area (Å²) in [4.78, 5) is 0. The van der Waals surface area contributed by atoms with Gasteiger partial charge in [0.15, 0.2) is 0 Å². The molecule has 0 heterocycles. The van der Waals surface area contributed by atoms with Crippen LogP contribution < -0.4 is 9.47 Å². The van der Waals surface area contributed by atoms with E-state index in [4.69, 9.17) is 16.3 Å². The predicted molar refractivity (Wildman–Crippen MR) is 70.1 cm³/mol. The highest BCUT2D eigenvalue weighted by Gasteiger charge is 2.32. The summed E-state index contributed by atoms with van der Waals surface area (Å²) in [5, 5.41) is -0.101. The first-order valence-corrected chi connectivity index (χ1v) is 5.96. The average molecular weight is 303 g/mol. The summed E-state index contributed by atoms with van der Waals surface area (Å²) >= 11 is 5.79. The number of methoxy groups -OCH3 is 1. The molecule has 6 heteroatoms. The molecule has 0 saturated heterocycles. The van der Waals surface area contributed by atoms with E-state index in [1.807, 2.05) is 0 Å². The maximum Gasteiger partial charge on any atom is 0.573 e. The van der Waals surface area contributed by atoms with Crippen molar-refractivity contribution in [3.63, 3.8) is 0 Å². The van der Waals surface area contributed by atoms with Gasteiger partial charge in [-0.3, -0.25) is 0 Å². The summed E-state index contributed by atoms with van der Waals surface area (Å²) in [6, 6.07) is 11.2. The summed E-state index contributed by atoms with van der Waals surface area (Å²) in [7, 11) is 1.55. The van der Waals surface area contributed by atoms with Crippen LogP contribution in [0.15, 0.2) is 42.5 Å². The van der Waals surface area contributed by atoms with E-state index in [9.17, 15) is 13.2 Å². The van der Waals surface area contributed by atoms with Gasteiger partial charge in [0.25, 0.3) is 0 Å². The molecule has 0 aliphatic rings. The normalized spacial score (nSPS) is 11.2. The Bertz CT molecular complexity index is 594. The Balaban J connectivity index is 2.28. The Morgan fingerprint density at radius 3 is 2.05 bits per heavy atom. The second kappa shape index (κ2) is 5.63. The second-order valence-electron chi connectivity index (χ2n) is 3.92. The van der Waals surface area contributed by atoms with Gasteiger partial charge in [0.05, 0.1) is 12.1 Å². The lowest BCUT2D eigenvalue weighted by Gasteiger charge is -2.11. The van der Waals surface area contributed by atoms with Gasteiger partial charge in [-0.2, -0.15) is 0 Å². The van der Waals surface area contributed by atoms with E-state index in [-0.39, 0.29) is 5.02 Å². The molecule has 0 amide bonds. The SMILES string of the molecule is COc1ccc(-c2ccc(OC(F)(F)F)c(Cl)c2)cc1. The molecular formula is C14H10ClF3O2. The third-order valence-corrected chi connectivity index (χ3v) is 2.88. The lowest BCUT2D eigenvalue weighted by molar-refractivity contribution is -0.274. The van der Waals surface area contributed by atoms with Crippen LogP contribution in [0.25, 0.3) is 11.1 Å². The molecule has 0 bridgehead atoms. The van der Waals surface area contributed by atoms with Crippen LogP contribution >= 0.6 is 11.6 Å². The zero-order chi connectivity index (χ0) is 14.8. The quantitative estimate of drug-likeness (QED) is 0.801. The van der Waals surface area contributed by atoms with Crippen molar-refractivity contribution < 1.29 is 22.6 Å². The van der Waals surface area contributed by atoms with Crippen molar-refractivity contribution in [2.75, 3.05) is 7.11 Å². The van der Waals surface area contributed by atoms with Crippen LogP contribution in [0.3, 0.4) is 0 Å². The summed E-state index contributed by atoms with van der Waals surface area (Å²) < 4.78 is 45.2. The van der Waals surface area contributed by atoms with Gasteiger partial charge < -0.3 is 9.47 Å². The van der Waals surface area contributed by atoms with Crippen molar-refractivity contribution in [1.82, 2.24) is 0 Å². The largest absolute Gasteiger partial charge is 0.573 e. The molecule has 2 rings (SSSR count). The van der Waals surface area contributed by atoms with Crippen molar-refractivity contribution in [1.29, 1.82) is 0 Å². The van der Waals surface area contributed by atoms with Gasteiger partial charge in [0, 0.05) is 0 Å². The number of hydrogen-bond donors (Lipinski definition) is 0. The Labute approximate surface area is 118 Å². The van der Waals surface area contributed by atoms with Gasteiger partial charge in [-0.05, 0) is 35.4 Å². The van der Waals surface area contributed by atoms with Crippen LogP contribution in [0.5, 0.6) is 11.5 Å². The van der Waals surface area contributed by atoms with Gasteiger partial charge in [-0.1, -0.05) is 29.8 Å². The van der Waals surface area contributed by atoms with Gasteiger partial charge in [-0.25, -0.2) is 0 Å². The molecule has 2 aromatic rings. The number of alkyl halides is 3. The third-order valence-electron chi connectivity index (χ3n) is 2.58. The number of hydrogen-bond acceptors (Lipinski definition) is 2. The standard InChI is InChI=1S/C14H10ClF3O2/c1-19-11-5-2-9(3-6-11)10-4-7-13(12(15)8-10)20-14(16,17)18/h2-8H,1H3. The molecule has 2 nitrogen and oxygen atoms in total. The first kappa shape index (κ1) is 14.5. The molecule has 0 saturated carbocycles. The fraction of sp³-hybridized carbons (Fsp3) is 0.143. The number of halogens is 4. The van der Waals surface area contributed by atoms with E-state index < -0.39 is 12.1 Å². The maximum absolute atomic E-state index is 12.1. The summed E-state index contributed by atoms with van der Waals surface area (Å²) in [6.45, 7) is 0. The van der Waals surface area contributed by atoms with Gasteiger partial charge in [0.2, 0.25) is 0 Å². The highest BCUT2D eigenvalue weighted by molar-refractivity contribution is 6.32. The first-order valence-electron chi connectivity index (χ1n) is 5.59. The molecular weight excluding hydrogens is 293 g/mol. The molecule has 0 aromatic heterocycles.